The lowest BCUT2D eigenvalue weighted by molar-refractivity contribution is -0.115. The van der Waals surface area contributed by atoms with Gasteiger partial charge in [-0.25, -0.2) is 4.68 Å². The number of carbonyl (C=O) groups is 1. The van der Waals surface area contributed by atoms with E-state index in [1.807, 2.05) is 30.3 Å². The minimum atomic E-state index is -0.311. The second-order valence-corrected chi connectivity index (χ2v) is 9.44. The predicted octanol–water partition coefficient (Wildman–Crippen LogP) is 5.62. The van der Waals surface area contributed by atoms with Gasteiger partial charge in [0, 0.05) is 40.3 Å². The van der Waals surface area contributed by atoms with Gasteiger partial charge in [-0.2, -0.15) is 0 Å². The molecular formula is C23H23Cl2N5O3S. The lowest BCUT2D eigenvalue weighted by atomic mass is 9.99. The fourth-order valence-electron chi connectivity index (χ4n) is 3.39. The first kappa shape index (κ1) is 24.4. The Morgan fingerprint density at radius 1 is 1.26 bits per heavy atom. The van der Waals surface area contributed by atoms with Gasteiger partial charge in [0.1, 0.15) is 12.4 Å². The third kappa shape index (κ3) is 5.65. The van der Waals surface area contributed by atoms with Gasteiger partial charge < -0.3 is 9.57 Å². The highest BCUT2D eigenvalue weighted by Gasteiger charge is 2.27. The maximum absolute atomic E-state index is 11.7. The number of halogens is 2. The van der Waals surface area contributed by atoms with Crippen molar-refractivity contribution in [3.8, 4) is 5.75 Å². The van der Waals surface area contributed by atoms with Gasteiger partial charge in [-0.3, -0.25) is 10.2 Å². The van der Waals surface area contributed by atoms with Crippen LogP contribution in [0.15, 0.2) is 52.8 Å². The molecule has 1 aliphatic heterocycles. The molecule has 11 heteroatoms. The van der Waals surface area contributed by atoms with Crippen LogP contribution in [0.5, 0.6) is 5.75 Å². The van der Waals surface area contributed by atoms with E-state index in [0.717, 1.165) is 29.0 Å². The van der Waals surface area contributed by atoms with E-state index in [1.165, 1.54) is 18.7 Å². The first-order valence-electron chi connectivity index (χ1n) is 10.7. The van der Waals surface area contributed by atoms with Crippen molar-refractivity contribution in [3.63, 3.8) is 0 Å². The summed E-state index contributed by atoms with van der Waals surface area (Å²) in [6.45, 7) is 3.63. The van der Waals surface area contributed by atoms with Crippen LogP contribution >= 0.6 is 35.0 Å². The van der Waals surface area contributed by atoms with E-state index in [9.17, 15) is 4.79 Å². The Balaban J connectivity index is 1.50. The summed E-state index contributed by atoms with van der Waals surface area (Å²) in [7, 11) is 0. The summed E-state index contributed by atoms with van der Waals surface area (Å²) in [5.74, 6) is 1.75. The molecule has 34 heavy (non-hydrogen) atoms. The number of amides is 1. The fraction of sp³-hybridized carbons (Fsp3) is 0.304. The van der Waals surface area contributed by atoms with Gasteiger partial charge in [0.2, 0.25) is 11.1 Å². The van der Waals surface area contributed by atoms with Gasteiger partial charge in [-0.15, -0.1) is 10.2 Å². The molecule has 1 amide bonds. The van der Waals surface area contributed by atoms with Crippen molar-refractivity contribution in [1.29, 1.82) is 0 Å². The molecule has 1 atom stereocenters. The molecule has 0 saturated carbocycles. The molecule has 0 saturated heterocycles. The third-order valence-electron chi connectivity index (χ3n) is 4.94. The van der Waals surface area contributed by atoms with Crippen LogP contribution in [0.3, 0.4) is 0 Å². The number of para-hydroxylation sites is 1. The standard InChI is InChI=1S/C23H23Cl2N5O3S/c1-3-10-34-23-27-26-22(30(23)28-14(2)31)13-32-20-7-5-4-6-17(20)19-12-21(33-29-19)16-9-8-15(24)11-18(16)25/h4-9,11,21H,3,10,12-13H2,1-2H3,(H,28,31). The summed E-state index contributed by atoms with van der Waals surface area (Å²) in [6.07, 6.45) is 1.19. The maximum atomic E-state index is 11.7. The number of oxime groups is 1. The largest absolute Gasteiger partial charge is 0.485 e. The second kappa shape index (κ2) is 11.1. The molecule has 1 aliphatic rings. The number of nitrogens with zero attached hydrogens (tertiary/aromatic N) is 4. The molecule has 3 aromatic rings. The normalized spacial score (nSPS) is 15.1. The summed E-state index contributed by atoms with van der Waals surface area (Å²) in [6, 6.07) is 12.9. The van der Waals surface area contributed by atoms with Crippen molar-refractivity contribution in [2.24, 2.45) is 5.16 Å². The molecule has 1 unspecified atom stereocenters. The van der Waals surface area contributed by atoms with Gasteiger partial charge in [0.05, 0.1) is 5.71 Å². The van der Waals surface area contributed by atoms with Crippen LogP contribution in [-0.4, -0.2) is 32.2 Å². The van der Waals surface area contributed by atoms with Crippen molar-refractivity contribution >= 4 is 46.6 Å². The van der Waals surface area contributed by atoms with Crippen molar-refractivity contribution in [2.75, 3.05) is 11.2 Å². The molecule has 0 radical (unpaired) electrons. The second-order valence-electron chi connectivity index (χ2n) is 7.54. The first-order valence-corrected chi connectivity index (χ1v) is 12.4. The highest BCUT2D eigenvalue weighted by atomic mass is 35.5. The van der Waals surface area contributed by atoms with E-state index in [2.05, 4.69) is 27.7 Å². The average molecular weight is 520 g/mol. The quantitative estimate of drug-likeness (QED) is 0.368. The number of hydrogen-bond acceptors (Lipinski definition) is 7. The molecule has 178 valence electrons. The van der Waals surface area contributed by atoms with E-state index in [4.69, 9.17) is 32.8 Å². The molecule has 2 heterocycles. The summed E-state index contributed by atoms with van der Waals surface area (Å²) < 4.78 is 7.66. The summed E-state index contributed by atoms with van der Waals surface area (Å²) in [4.78, 5) is 17.4. The molecule has 0 bridgehead atoms. The summed E-state index contributed by atoms with van der Waals surface area (Å²) in [5.41, 5.74) is 5.13. The summed E-state index contributed by atoms with van der Waals surface area (Å²) >= 11 is 13.9. The van der Waals surface area contributed by atoms with Crippen LogP contribution in [0.2, 0.25) is 10.0 Å². The number of aromatic nitrogens is 3. The zero-order chi connectivity index (χ0) is 24.1. The van der Waals surface area contributed by atoms with E-state index in [-0.39, 0.29) is 18.6 Å². The lowest BCUT2D eigenvalue weighted by Crippen LogP contribution is -2.24. The maximum Gasteiger partial charge on any atom is 0.235 e. The number of ether oxygens (including phenoxy) is 1. The van der Waals surface area contributed by atoms with Crippen LogP contribution in [0.4, 0.5) is 0 Å². The monoisotopic (exact) mass is 519 g/mol. The van der Waals surface area contributed by atoms with E-state index in [0.29, 0.717) is 33.2 Å². The molecular weight excluding hydrogens is 497 g/mol. The smallest absolute Gasteiger partial charge is 0.235 e. The topological polar surface area (TPSA) is 90.6 Å². The fourth-order valence-corrected chi connectivity index (χ4v) is 4.68. The number of carbonyl (C=O) groups excluding carboxylic acids is 1. The highest BCUT2D eigenvalue weighted by molar-refractivity contribution is 7.99. The van der Waals surface area contributed by atoms with E-state index >= 15 is 0 Å². The van der Waals surface area contributed by atoms with Gasteiger partial charge in [-0.05, 0) is 30.7 Å². The number of hydrogen-bond donors (Lipinski definition) is 1. The molecule has 4 rings (SSSR count). The molecule has 0 fully saturated rings. The van der Waals surface area contributed by atoms with Crippen molar-refractivity contribution < 1.29 is 14.4 Å². The molecule has 2 aromatic carbocycles. The molecule has 1 N–H and O–H groups in total. The number of nitrogens with one attached hydrogen (secondary N) is 1. The Bertz CT molecular complexity index is 1220. The van der Waals surface area contributed by atoms with Crippen LogP contribution in [-0.2, 0) is 16.2 Å². The number of thioether (sulfide) groups is 1. The Hall–Kier alpha value is -2.75. The highest BCUT2D eigenvalue weighted by Crippen LogP contribution is 2.36. The van der Waals surface area contributed by atoms with Crippen LogP contribution < -0.4 is 10.2 Å². The van der Waals surface area contributed by atoms with E-state index < -0.39 is 0 Å². The Morgan fingerprint density at radius 3 is 2.85 bits per heavy atom. The molecule has 0 spiro atoms. The molecule has 8 nitrogen and oxygen atoms in total. The van der Waals surface area contributed by atoms with E-state index in [1.54, 1.807) is 16.8 Å². The van der Waals surface area contributed by atoms with Crippen molar-refractivity contribution in [1.82, 2.24) is 14.9 Å². The van der Waals surface area contributed by atoms with Crippen LogP contribution in [0, 0.1) is 0 Å². The number of rotatable bonds is 9. The van der Waals surface area contributed by atoms with Gasteiger partial charge in [0.15, 0.2) is 11.9 Å². The first-order chi connectivity index (χ1) is 16.5. The predicted molar refractivity (Wildman–Crippen MR) is 133 cm³/mol. The Labute approximate surface area is 211 Å². The van der Waals surface area contributed by atoms with Crippen molar-refractivity contribution in [2.45, 2.75) is 44.6 Å². The molecule has 1 aromatic heterocycles. The van der Waals surface area contributed by atoms with Gasteiger partial charge in [-0.1, -0.05) is 65.2 Å². The van der Waals surface area contributed by atoms with Crippen LogP contribution in [0.1, 0.15) is 49.7 Å². The zero-order valence-electron chi connectivity index (χ0n) is 18.6. The zero-order valence-corrected chi connectivity index (χ0v) is 21.0. The number of benzene rings is 2. The SMILES string of the molecule is CCCSc1nnc(COc2ccccc2C2=NOC(c3ccc(Cl)cc3Cl)C2)n1NC(C)=O. The Kier molecular flexibility index (Phi) is 7.97. The minimum Gasteiger partial charge on any atom is -0.485 e. The van der Waals surface area contributed by atoms with Crippen LogP contribution in [0.25, 0.3) is 0 Å². The summed E-state index contributed by atoms with van der Waals surface area (Å²) in [5, 5.41) is 14.4. The Morgan fingerprint density at radius 2 is 2.09 bits per heavy atom. The van der Waals surface area contributed by atoms with Gasteiger partial charge in [0.25, 0.3) is 0 Å². The average Bonchev–Trinajstić information content (AvgIpc) is 3.44. The molecule has 0 aliphatic carbocycles. The lowest BCUT2D eigenvalue weighted by Gasteiger charge is -2.13. The van der Waals surface area contributed by atoms with Crippen molar-refractivity contribution in [3.05, 3.63) is 69.5 Å². The van der Waals surface area contributed by atoms with Gasteiger partial charge >= 0.3 is 0 Å². The third-order valence-corrected chi connectivity index (χ3v) is 6.64. The minimum absolute atomic E-state index is 0.109.